The van der Waals surface area contributed by atoms with Crippen LogP contribution in [0.1, 0.15) is 29.2 Å². The second-order valence-corrected chi connectivity index (χ2v) is 6.43. The fraction of sp³-hybridized carbons (Fsp3) is 0.333. The van der Waals surface area contributed by atoms with Gasteiger partial charge < -0.3 is 9.84 Å². The molecule has 0 bridgehead atoms. The topological polar surface area (TPSA) is 32.7 Å². The summed E-state index contributed by atoms with van der Waals surface area (Å²) >= 11 is 0. The summed E-state index contributed by atoms with van der Waals surface area (Å²) in [5.74, 6) is 0.371. The summed E-state index contributed by atoms with van der Waals surface area (Å²) in [5.41, 5.74) is 5.37. The summed E-state index contributed by atoms with van der Waals surface area (Å²) in [6, 6.07) is 14.4. The maximum atomic E-state index is 10.4. The third-order valence-corrected chi connectivity index (χ3v) is 4.50. The van der Waals surface area contributed by atoms with Crippen molar-refractivity contribution in [3.63, 3.8) is 0 Å². The van der Waals surface area contributed by atoms with Crippen LogP contribution in [0.4, 0.5) is 0 Å². The highest BCUT2D eigenvalue weighted by atomic mass is 16.5. The van der Waals surface area contributed by atoms with Gasteiger partial charge in [0.25, 0.3) is 0 Å². The molecule has 1 fully saturated rings. The van der Waals surface area contributed by atoms with Crippen molar-refractivity contribution in [3.05, 3.63) is 64.7 Å². The van der Waals surface area contributed by atoms with E-state index >= 15 is 0 Å². The fourth-order valence-corrected chi connectivity index (χ4v) is 3.12. The molecule has 0 atom stereocenters. The fourth-order valence-electron chi connectivity index (χ4n) is 3.12. The number of allylic oxidation sites excluding steroid dienone is 1. The second-order valence-electron chi connectivity index (χ2n) is 6.43. The minimum atomic E-state index is 0.371. The molecule has 0 unspecified atom stereocenters. The van der Waals surface area contributed by atoms with E-state index in [0.717, 1.165) is 49.5 Å². The number of morpholine rings is 1. The van der Waals surface area contributed by atoms with Crippen molar-refractivity contribution < 1.29 is 9.84 Å². The number of hydrogen-bond donors (Lipinski definition) is 1. The van der Waals surface area contributed by atoms with E-state index in [9.17, 15) is 5.11 Å². The summed E-state index contributed by atoms with van der Waals surface area (Å²) in [4.78, 5) is 2.40. The largest absolute Gasteiger partial charge is 0.507 e. The molecule has 1 N–H and O–H groups in total. The van der Waals surface area contributed by atoms with Gasteiger partial charge in [0.15, 0.2) is 0 Å². The molecule has 3 nitrogen and oxygen atoms in total. The Morgan fingerprint density at radius 1 is 1.17 bits per heavy atom. The Balaban J connectivity index is 1.87. The summed E-state index contributed by atoms with van der Waals surface area (Å²) < 4.78 is 5.41. The Morgan fingerprint density at radius 2 is 1.88 bits per heavy atom. The van der Waals surface area contributed by atoms with Crippen LogP contribution in [-0.2, 0) is 11.3 Å². The van der Waals surface area contributed by atoms with E-state index in [1.54, 1.807) is 0 Å². The number of rotatable bonds is 4. The molecule has 0 spiro atoms. The maximum absolute atomic E-state index is 10.4. The van der Waals surface area contributed by atoms with Gasteiger partial charge in [-0.15, -0.1) is 0 Å². The Morgan fingerprint density at radius 3 is 2.58 bits per heavy atom. The monoisotopic (exact) mass is 323 g/mol. The Bertz CT molecular complexity index is 716. The summed E-state index contributed by atoms with van der Waals surface area (Å²) in [6.45, 7) is 8.48. The molecule has 24 heavy (non-hydrogen) atoms. The third kappa shape index (κ3) is 4.05. The van der Waals surface area contributed by atoms with Gasteiger partial charge in [-0.25, -0.2) is 0 Å². The highest BCUT2D eigenvalue weighted by Crippen LogP contribution is 2.29. The molecule has 0 radical (unpaired) electrons. The zero-order valence-corrected chi connectivity index (χ0v) is 14.5. The van der Waals surface area contributed by atoms with E-state index in [-0.39, 0.29) is 0 Å². The zero-order valence-electron chi connectivity index (χ0n) is 14.5. The lowest BCUT2D eigenvalue weighted by Crippen LogP contribution is -2.35. The number of ether oxygens (including phenoxy) is 1. The van der Waals surface area contributed by atoms with Crippen LogP contribution in [0.5, 0.6) is 5.75 Å². The number of hydrogen-bond acceptors (Lipinski definition) is 3. The Kier molecular flexibility index (Phi) is 5.34. The summed E-state index contributed by atoms with van der Waals surface area (Å²) in [7, 11) is 0. The molecular formula is C21H25NO2. The van der Waals surface area contributed by atoms with Crippen molar-refractivity contribution in [2.75, 3.05) is 26.3 Å². The van der Waals surface area contributed by atoms with E-state index in [2.05, 4.69) is 42.2 Å². The molecule has 3 rings (SSSR count). The molecule has 1 heterocycles. The van der Waals surface area contributed by atoms with Crippen LogP contribution in [-0.4, -0.2) is 36.3 Å². The van der Waals surface area contributed by atoms with Gasteiger partial charge in [0, 0.05) is 25.2 Å². The number of aryl methyl sites for hydroxylation is 1. The number of aromatic hydroxyl groups is 1. The van der Waals surface area contributed by atoms with E-state index < -0.39 is 0 Å². The van der Waals surface area contributed by atoms with Crippen LogP contribution in [0.25, 0.3) is 11.6 Å². The van der Waals surface area contributed by atoms with Crippen molar-refractivity contribution >= 4 is 11.6 Å². The van der Waals surface area contributed by atoms with Gasteiger partial charge in [0.05, 0.1) is 13.2 Å². The summed E-state index contributed by atoms with van der Waals surface area (Å²) in [5, 5.41) is 10.4. The lowest BCUT2D eigenvalue weighted by Gasteiger charge is -2.27. The maximum Gasteiger partial charge on any atom is 0.125 e. The second kappa shape index (κ2) is 7.65. The molecule has 2 aromatic rings. The van der Waals surface area contributed by atoms with Crippen LogP contribution < -0.4 is 0 Å². The molecule has 2 aromatic carbocycles. The normalized spacial score (nSPS) is 16.3. The van der Waals surface area contributed by atoms with Crippen LogP contribution in [0.15, 0.2) is 42.5 Å². The van der Waals surface area contributed by atoms with Gasteiger partial charge in [0.2, 0.25) is 0 Å². The van der Waals surface area contributed by atoms with Crippen LogP contribution in [0.3, 0.4) is 0 Å². The number of nitrogens with zero attached hydrogens (tertiary/aromatic N) is 1. The minimum Gasteiger partial charge on any atom is -0.507 e. The average Bonchev–Trinajstić information content (AvgIpc) is 2.61. The molecule has 0 aliphatic carbocycles. The Labute approximate surface area is 144 Å². The predicted octanol–water partition coefficient (Wildman–Crippen LogP) is 4.09. The van der Waals surface area contributed by atoms with E-state index in [4.69, 9.17) is 4.74 Å². The smallest absolute Gasteiger partial charge is 0.125 e. The van der Waals surface area contributed by atoms with Crippen molar-refractivity contribution in [3.8, 4) is 5.75 Å². The minimum absolute atomic E-state index is 0.371. The van der Waals surface area contributed by atoms with Gasteiger partial charge in [-0.3, -0.25) is 4.90 Å². The Hall–Kier alpha value is -2.10. The van der Waals surface area contributed by atoms with Crippen molar-refractivity contribution in [1.82, 2.24) is 4.90 Å². The lowest BCUT2D eigenvalue weighted by atomic mass is 10.00. The van der Waals surface area contributed by atoms with Crippen molar-refractivity contribution in [2.45, 2.75) is 20.4 Å². The van der Waals surface area contributed by atoms with E-state index in [0.29, 0.717) is 5.75 Å². The van der Waals surface area contributed by atoms with Crippen molar-refractivity contribution in [2.24, 2.45) is 0 Å². The van der Waals surface area contributed by atoms with Crippen molar-refractivity contribution in [1.29, 1.82) is 0 Å². The zero-order chi connectivity index (χ0) is 16.9. The van der Waals surface area contributed by atoms with Gasteiger partial charge in [-0.1, -0.05) is 36.4 Å². The number of phenolic OH excluding ortho intramolecular Hbond substituents is 1. The average molecular weight is 323 g/mol. The first kappa shape index (κ1) is 16.7. The van der Waals surface area contributed by atoms with Gasteiger partial charge in [0.1, 0.15) is 5.75 Å². The van der Waals surface area contributed by atoms with E-state index in [1.807, 2.05) is 25.1 Å². The first-order valence-corrected chi connectivity index (χ1v) is 8.50. The van der Waals surface area contributed by atoms with Gasteiger partial charge in [-0.05, 0) is 48.3 Å². The third-order valence-electron chi connectivity index (χ3n) is 4.50. The SMILES string of the molecule is CC(=Cc1cc(CN2CCOCC2)cc(C)c1O)c1ccccc1. The predicted molar refractivity (Wildman–Crippen MR) is 98.9 cm³/mol. The molecule has 1 saturated heterocycles. The lowest BCUT2D eigenvalue weighted by molar-refractivity contribution is 0.0342. The first-order chi connectivity index (χ1) is 11.6. The highest BCUT2D eigenvalue weighted by molar-refractivity contribution is 5.82. The standard InChI is InChI=1S/C21H25NO2/c1-16(19-6-4-3-5-7-19)13-20-14-18(12-17(2)21(20)23)15-22-8-10-24-11-9-22/h3-7,12-14,23H,8-11,15H2,1-2H3. The van der Waals surface area contributed by atoms with Gasteiger partial charge in [-0.2, -0.15) is 0 Å². The molecule has 1 aliphatic rings. The molecule has 126 valence electrons. The van der Waals surface area contributed by atoms with Crippen LogP contribution >= 0.6 is 0 Å². The molecule has 0 amide bonds. The van der Waals surface area contributed by atoms with E-state index in [1.165, 1.54) is 11.1 Å². The van der Waals surface area contributed by atoms with Crippen LogP contribution in [0.2, 0.25) is 0 Å². The summed E-state index contributed by atoms with van der Waals surface area (Å²) in [6.07, 6.45) is 2.07. The molecule has 3 heteroatoms. The molecule has 1 aliphatic heterocycles. The molecular weight excluding hydrogens is 298 g/mol. The first-order valence-electron chi connectivity index (χ1n) is 8.50. The highest BCUT2D eigenvalue weighted by Gasteiger charge is 2.13. The number of benzene rings is 2. The molecule has 0 aromatic heterocycles. The quantitative estimate of drug-likeness (QED) is 0.860. The number of phenols is 1. The van der Waals surface area contributed by atoms with Gasteiger partial charge >= 0.3 is 0 Å². The molecule has 0 saturated carbocycles. The van der Waals surface area contributed by atoms with Crippen LogP contribution in [0, 0.1) is 6.92 Å².